The zero-order valence-corrected chi connectivity index (χ0v) is 15.7. The molecule has 1 aliphatic carbocycles. The lowest BCUT2D eigenvalue weighted by molar-refractivity contribution is -0.143. The van der Waals surface area contributed by atoms with Crippen molar-refractivity contribution in [1.29, 1.82) is 0 Å². The first-order valence-corrected chi connectivity index (χ1v) is 9.65. The van der Waals surface area contributed by atoms with Crippen molar-refractivity contribution in [3.05, 3.63) is 48.8 Å². The minimum atomic E-state index is -0.349. The topological polar surface area (TPSA) is 84.5 Å². The lowest BCUT2D eigenvalue weighted by Crippen LogP contribution is -2.48. The molecule has 1 N–H and O–H groups in total. The number of anilines is 1. The van der Waals surface area contributed by atoms with Crippen LogP contribution in [0.25, 0.3) is 5.65 Å². The van der Waals surface area contributed by atoms with Gasteiger partial charge in [-0.05, 0) is 31.4 Å². The molecule has 0 radical (unpaired) electrons. The summed E-state index contributed by atoms with van der Waals surface area (Å²) in [6.07, 6.45) is 10.0. The molecule has 2 fully saturated rings. The van der Waals surface area contributed by atoms with E-state index in [1.54, 1.807) is 12.4 Å². The first-order chi connectivity index (χ1) is 13.6. The van der Waals surface area contributed by atoms with Crippen LogP contribution in [0, 0.1) is 5.92 Å². The van der Waals surface area contributed by atoms with Gasteiger partial charge in [0.15, 0.2) is 0 Å². The van der Waals surface area contributed by atoms with E-state index in [1.807, 2.05) is 51.5 Å². The summed E-state index contributed by atoms with van der Waals surface area (Å²) in [5.41, 5.74) is 0.775. The van der Waals surface area contributed by atoms with Gasteiger partial charge in [-0.1, -0.05) is 6.07 Å². The predicted octanol–water partition coefficient (Wildman–Crippen LogP) is 2.15. The highest BCUT2D eigenvalue weighted by Gasteiger charge is 2.48. The van der Waals surface area contributed by atoms with Crippen molar-refractivity contribution in [2.75, 3.05) is 5.32 Å². The molecule has 3 aromatic rings. The van der Waals surface area contributed by atoms with Gasteiger partial charge in [0.25, 0.3) is 0 Å². The molecule has 5 rings (SSSR count). The number of likely N-dealkylation sites (tertiary alicyclic amines) is 1. The standard InChI is InChI=1S/C20H22N6O2/c1-24-11-9-22-19(24)18-14(7-8-17(27)26(18)13-5-6-13)20(28)23-16-4-2-3-15-21-10-12-25(15)16/h2-4,9-14,18H,5-8H2,1H3,(H,23,28)/t14-,18-/m0/s1. The highest BCUT2D eigenvalue weighted by atomic mass is 16.2. The number of piperidine rings is 1. The van der Waals surface area contributed by atoms with Crippen molar-refractivity contribution in [2.24, 2.45) is 13.0 Å². The van der Waals surface area contributed by atoms with Crippen molar-refractivity contribution in [3.63, 3.8) is 0 Å². The Morgan fingerprint density at radius 1 is 1.14 bits per heavy atom. The highest BCUT2D eigenvalue weighted by Crippen LogP contribution is 2.43. The number of imidazole rings is 2. The molecule has 28 heavy (non-hydrogen) atoms. The molecular weight excluding hydrogens is 356 g/mol. The number of carbonyl (C=O) groups excluding carboxylic acids is 2. The molecule has 2 atom stereocenters. The molecule has 2 aliphatic rings. The smallest absolute Gasteiger partial charge is 0.231 e. The minimum Gasteiger partial charge on any atom is -0.336 e. The van der Waals surface area contributed by atoms with Gasteiger partial charge in [0.05, 0.1) is 5.92 Å². The number of aryl methyl sites for hydroxylation is 1. The van der Waals surface area contributed by atoms with E-state index in [0.29, 0.717) is 18.7 Å². The van der Waals surface area contributed by atoms with Gasteiger partial charge < -0.3 is 14.8 Å². The third-order valence-corrected chi connectivity index (χ3v) is 5.72. The molecule has 0 bridgehead atoms. The summed E-state index contributed by atoms with van der Waals surface area (Å²) < 4.78 is 3.76. The number of fused-ring (bicyclic) bond motifs is 1. The summed E-state index contributed by atoms with van der Waals surface area (Å²) in [6.45, 7) is 0. The van der Waals surface area contributed by atoms with E-state index in [4.69, 9.17) is 0 Å². The molecule has 4 heterocycles. The molecule has 8 heteroatoms. The maximum Gasteiger partial charge on any atom is 0.231 e. The molecule has 3 aromatic heterocycles. The maximum atomic E-state index is 13.3. The van der Waals surface area contributed by atoms with E-state index in [-0.39, 0.29) is 29.8 Å². The maximum absolute atomic E-state index is 13.3. The van der Waals surface area contributed by atoms with Crippen molar-refractivity contribution in [2.45, 2.75) is 37.8 Å². The van der Waals surface area contributed by atoms with Crippen molar-refractivity contribution >= 4 is 23.3 Å². The molecule has 2 amide bonds. The molecule has 0 unspecified atom stereocenters. The normalized spacial score (nSPS) is 22.6. The number of carbonyl (C=O) groups is 2. The van der Waals surface area contributed by atoms with Gasteiger partial charge in [0, 0.05) is 44.3 Å². The second-order valence-electron chi connectivity index (χ2n) is 7.57. The second-order valence-corrected chi connectivity index (χ2v) is 7.57. The van der Waals surface area contributed by atoms with E-state index in [1.165, 1.54) is 0 Å². The molecule has 1 aliphatic heterocycles. The third kappa shape index (κ3) is 2.76. The lowest BCUT2D eigenvalue weighted by atomic mass is 9.87. The Hall–Kier alpha value is -3.16. The molecule has 0 spiro atoms. The Balaban J connectivity index is 1.49. The van der Waals surface area contributed by atoms with Crippen LogP contribution >= 0.6 is 0 Å². The average Bonchev–Trinajstić information content (AvgIpc) is 3.23. The number of pyridine rings is 1. The summed E-state index contributed by atoms with van der Waals surface area (Å²) in [4.78, 5) is 36.7. The number of nitrogens with one attached hydrogen (secondary N) is 1. The fourth-order valence-corrected chi connectivity index (χ4v) is 4.21. The van der Waals surface area contributed by atoms with Gasteiger partial charge >= 0.3 is 0 Å². The summed E-state index contributed by atoms with van der Waals surface area (Å²) in [5.74, 6) is 1.12. The van der Waals surface area contributed by atoms with E-state index >= 15 is 0 Å². The Kier molecular flexibility index (Phi) is 3.92. The van der Waals surface area contributed by atoms with Gasteiger partial charge in [0.2, 0.25) is 11.8 Å². The van der Waals surface area contributed by atoms with Crippen molar-refractivity contribution < 1.29 is 9.59 Å². The highest BCUT2D eigenvalue weighted by molar-refractivity contribution is 5.94. The SMILES string of the molecule is Cn1ccnc1[C@@H]1[C@@H](C(=O)Nc2cccc3nccn23)CCC(=O)N1C1CC1. The number of hydrogen-bond acceptors (Lipinski definition) is 4. The van der Waals surface area contributed by atoms with Gasteiger partial charge in [-0.2, -0.15) is 0 Å². The summed E-state index contributed by atoms with van der Waals surface area (Å²) >= 11 is 0. The van der Waals surface area contributed by atoms with Crippen LogP contribution < -0.4 is 5.32 Å². The summed E-state index contributed by atoms with van der Waals surface area (Å²) in [5, 5.41) is 3.06. The Morgan fingerprint density at radius 3 is 2.71 bits per heavy atom. The second kappa shape index (κ2) is 6.47. The van der Waals surface area contributed by atoms with Crippen molar-refractivity contribution in [1.82, 2.24) is 23.8 Å². The Morgan fingerprint density at radius 2 is 1.96 bits per heavy atom. The van der Waals surface area contributed by atoms with Gasteiger partial charge in [-0.25, -0.2) is 9.97 Å². The lowest BCUT2D eigenvalue weighted by Gasteiger charge is -2.40. The van der Waals surface area contributed by atoms with E-state index in [9.17, 15) is 9.59 Å². The van der Waals surface area contributed by atoms with Gasteiger partial charge in [-0.15, -0.1) is 0 Å². The number of rotatable bonds is 4. The number of hydrogen-bond donors (Lipinski definition) is 1. The molecule has 8 nitrogen and oxygen atoms in total. The monoisotopic (exact) mass is 378 g/mol. The largest absolute Gasteiger partial charge is 0.336 e. The first kappa shape index (κ1) is 17.0. The van der Waals surface area contributed by atoms with Crippen LogP contribution in [0.3, 0.4) is 0 Å². The van der Waals surface area contributed by atoms with Crippen LogP contribution in [0.5, 0.6) is 0 Å². The molecule has 144 valence electrons. The van der Waals surface area contributed by atoms with Gasteiger partial charge in [0.1, 0.15) is 23.3 Å². The van der Waals surface area contributed by atoms with Crippen LogP contribution in [-0.2, 0) is 16.6 Å². The zero-order valence-electron chi connectivity index (χ0n) is 15.7. The Bertz CT molecular complexity index is 1050. The van der Waals surface area contributed by atoms with Crippen LogP contribution in [0.15, 0.2) is 43.0 Å². The molecular formula is C20H22N6O2. The molecule has 1 saturated heterocycles. The third-order valence-electron chi connectivity index (χ3n) is 5.72. The molecule has 1 saturated carbocycles. The predicted molar refractivity (Wildman–Crippen MR) is 102 cm³/mol. The van der Waals surface area contributed by atoms with Crippen LogP contribution in [0.2, 0.25) is 0 Å². The van der Waals surface area contributed by atoms with Gasteiger partial charge in [-0.3, -0.25) is 14.0 Å². The van der Waals surface area contributed by atoms with Crippen LogP contribution in [-0.4, -0.2) is 41.7 Å². The quantitative estimate of drug-likeness (QED) is 0.754. The first-order valence-electron chi connectivity index (χ1n) is 9.65. The molecule has 0 aromatic carbocycles. The number of amides is 2. The fourth-order valence-electron chi connectivity index (χ4n) is 4.21. The number of aromatic nitrogens is 4. The van der Waals surface area contributed by atoms with E-state index < -0.39 is 0 Å². The van der Waals surface area contributed by atoms with Crippen LogP contribution in [0.1, 0.15) is 37.5 Å². The summed E-state index contributed by atoms with van der Waals surface area (Å²) in [7, 11) is 1.91. The van der Waals surface area contributed by atoms with Crippen molar-refractivity contribution in [3.8, 4) is 0 Å². The number of nitrogens with zero attached hydrogens (tertiary/aromatic N) is 5. The van der Waals surface area contributed by atoms with E-state index in [2.05, 4.69) is 15.3 Å². The van der Waals surface area contributed by atoms with Crippen LogP contribution in [0.4, 0.5) is 5.82 Å². The minimum absolute atomic E-state index is 0.0904. The van der Waals surface area contributed by atoms with E-state index in [0.717, 1.165) is 24.3 Å². The fraction of sp³-hybridized carbons (Fsp3) is 0.400. The average molecular weight is 378 g/mol. The Labute approximate surface area is 162 Å². The summed E-state index contributed by atoms with van der Waals surface area (Å²) in [6, 6.07) is 5.50. The zero-order chi connectivity index (χ0) is 19.3.